The number of piperidine rings is 1. The van der Waals surface area contributed by atoms with Crippen molar-refractivity contribution in [1.82, 2.24) is 14.8 Å². The molecule has 1 aromatic rings. The molecule has 1 aromatic heterocycles. The summed E-state index contributed by atoms with van der Waals surface area (Å²) >= 11 is 0. The molecule has 1 saturated heterocycles. The molecule has 0 radical (unpaired) electrons. The third-order valence-electron chi connectivity index (χ3n) is 3.82. The lowest BCUT2D eigenvalue weighted by molar-refractivity contribution is 0.0692. The van der Waals surface area contributed by atoms with Crippen LogP contribution < -0.4 is 4.72 Å². The Morgan fingerprint density at radius 3 is 2.86 bits per heavy atom. The second kappa shape index (κ2) is 5.42. The van der Waals surface area contributed by atoms with E-state index in [-0.39, 0.29) is 11.9 Å². The fourth-order valence-electron chi connectivity index (χ4n) is 2.67. The SMILES string of the molecule is CS(=O)(=O)N[C@H]1CCCN(C(=O)c2cc(C3CC3)on2)C1. The number of carbonyl (C=O) groups excluding carboxylic acids is 1. The first-order valence-corrected chi connectivity index (χ1v) is 9.05. The highest BCUT2D eigenvalue weighted by Gasteiger charge is 2.31. The van der Waals surface area contributed by atoms with E-state index in [2.05, 4.69) is 9.88 Å². The van der Waals surface area contributed by atoms with Gasteiger partial charge in [-0.05, 0) is 25.7 Å². The van der Waals surface area contributed by atoms with Crippen LogP contribution in [0.15, 0.2) is 10.6 Å². The Kier molecular flexibility index (Phi) is 3.75. The van der Waals surface area contributed by atoms with Gasteiger partial charge in [-0.1, -0.05) is 5.16 Å². The number of carbonyl (C=O) groups is 1. The molecule has 1 atom stereocenters. The molecule has 2 fully saturated rings. The Balaban J connectivity index is 1.65. The first kappa shape index (κ1) is 14.5. The molecule has 2 heterocycles. The van der Waals surface area contributed by atoms with Crippen LogP contribution in [0.4, 0.5) is 0 Å². The van der Waals surface area contributed by atoms with Crippen molar-refractivity contribution in [2.75, 3.05) is 19.3 Å². The van der Waals surface area contributed by atoms with Crippen molar-refractivity contribution in [3.8, 4) is 0 Å². The zero-order valence-corrected chi connectivity index (χ0v) is 12.7. The second-order valence-corrected chi connectivity index (χ2v) is 7.65. The number of nitrogens with one attached hydrogen (secondary N) is 1. The van der Waals surface area contributed by atoms with E-state index in [0.717, 1.165) is 37.7 Å². The normalized spacial score (nSPS) is 23.3. The van der Waals surface area contributed by atoms with E-state index >= 15 is 0 Å². The molecule has 0 spiro atoms. The molecule has 21 heavy (non-hydrogen) atoms. The maximum Gasteiger partial charge on any atom is 0.276 e. The van der Waals surface area contributed by atoms with Crippen LogP contribution in [-0.4, -0.2) is 49.8 Å². The van der Waals surface area contributed by atoms with Crippen molar-refractivity contribution >= 4 is 15.9 Å². The van der Waals surface area contributed by atoms with Crippen molar-refractivity contribution < 1.29 is 17.7 Å². The van der Waals surface area contributed by atoms with E-state index in [4.69, 9.17) is 4.52 Å². The molecule has 1 N–H and O–H groups in total. The molecule has 1 aliphatic heterocycles. The molecule has 0 bridgehead atoms. The smallest absolute Gasteiger partial charge is 0.276 e. The van der Waals surface area contributed by atoms with Crippen molar-refractivity contribution in [2.24, 2.45) is 0 Å². The highest BCUT2D eigenvalue weighted by atomic mass is 32.2. The van der Waals surface area contributed by atoms with Gasteiger partial charge in [0.15, 0.2) is 5.69 Å². The van der Waals surface area contributed by atoms with Gasteiger partial charge in [0.1, 0.15) is 5.76 Å². The zero-order chi connectivity index (χ0) is 15.0. The summed E-state index contributed by atoms with van der Waals surface area (Å²) in [4.78, 5) is 14.0. The van der Waals surface area contributed by atoms with Gasteiger partial charge in [0.05, 0.1) is 6.26 Å². The third kappa shape index (κ3) is 3.62. The summed E-state index contributed by atoms with van der Waals surface area (Å²) in [7, 11) is -3.26. The van der Waals surface area contributed by atoms with Gasteiger partial charge in [-0.15, -0.1) is 0 Å². The largest absolute Gasteiger partial charge is 0.360 e. The van der Waals surface area contributed by atoms with Crippen LogP contribution in [-0.2, 0) is 10.0 Å². The van der Waals surface area contributed by atoms with E-state index in [1.54, 1.807) is 11.0 Å². The number of hydrogen-bond acceptors (Lipinski definition) is 5. The lowest BCUT2D eigenvalue weighted by Gasteiger charge is -2.32. The van der Waals surface area contributed by atoms with Crippen LogP contribution in [0, 0.1) is 0 Å². The van der Waals surface area contributed by atoms with Gasteiger partial charge in [-0.2, -0.15) is 0 Å². The highest BCUT2D eigenvalue weighted by molar-refractivity contribution is 7.88. The second-order valence-electron chi connectivity index (χ2n) is 5.87. The Hall–Kier alpha value is -1.41. The zero-order valence-electron chi connectivity index (χ0n) is 11.9. The fraction of sp³-hybridized carbons (Fsp3) is 0.692. The first-order valence-electron chi connectivity index (χ1n) is 7.15. The summed E-state index contributed by atoms with van der Waals surface area (Å²) in [6.07, 6.45) is 4.82. The number of amides is 1. The van der Waals surface area contributed by atoms with E-state index in [9.17, 15) is 13.2 Å². The van der Waals surface area contributed by atoms with Crippen LogP contribution in [0.5, 0.6) is 0 Å². The Labute approximate surface area is 123 Å². The van der Waals surface area contributed by atoms with Gasteiger partial charge in [0.2, 0.25) is 10.0 Å². The van der Waals surface area contributed by atoms with Gasteiger partial charge in [-0.25, -0.2) is 13.1 Å². The van der Waals surface area contributed by atoms with Crippen LogP contribution in [0.3, 0.4) is 0 Å². The molecule has 8 heteroatoms. The quantitative estimate of drug-likeness (QED) is 0.883. The maximum absolute atomic E-state index is 12.4. The third-order valence-corrected chi connectivity index (χ3v) is 4.58. The number of rotatable bonds is 4. The van der Waals surface area contributed by atoms with E-state index in [0.29, 0.717) is 24.7 Å². The van der Waals surface area contributed by atoms with Gasteiger partial charge < -0.3 is 9.42 Å². The molecule has 1 saturated carbocycles. The lowest BCUT2D eigenvalue weighted by Crippen LogP contribution is -2.49. The first-order chi connectivity index (χ1) is 9.92. The number of likely N-dealkylation sites (tertiary alicyclic amines) is 1. The van der Waals surface area contributed by atoms with Gasteiger partial charge in [0.25, 0.3) is 5.91 Å². The average molecular weight is 313 g/mol. The topological polar surface area (TPSA) is 92.5 Å². The van der Waals surface area contributed by atoms with Gasteiger partial charge in [-0.3, -0.25) is 4.79 Å². The molecule has 0 aromatic carbocycles. The number of sulfonamides is 1. The van der Waals surface area contributed by atoms with Crippen molar-refractivity contribution in [3.63, 3.8) is 0 Å². The van der Waals surface area contributed by atoms with Crippen molar-refractivity contribution in [1.29, 1.82) is 0 Å². The molecule has 0 unspecified atom stereocenters. The molecular formula is C13H19N3O4S. The summed E-state index contributed by atoms with van der Waals surface area (Å²) in [6.45, 7) is 0.990. The number of hydrogen-bond donors (Lipinski definition) is 1. The van der Waals surface area contributed by atoms with Crippen LogP contribution in [0.2, 0.25) is 0 Å². The van der Waals surface area contributed by atoms with Crippen LogP contribution in [0.25, 0.3) is 0 Å². The fourth-order valence-corrected chi connectivity index (χ4v) is 3.47. The summed E-state index contributed by atoms with van der Waals surface area (Å²) in [5.74, 6) is 1.01. The van der Waals surface area contributed by atoms with Gasteiger partial charge in [0, 0.05) is 31.1 Å². The molecule has 7 nitrogen and oxygen atoms in total. The minimum absolute atomic E-state index is 0.189. The molecule has 2 aliphatic rings. The standard InChI is InChI=1S/C13H19N3O4S/c1-21(18,19)15-10-3-2-6-16(8-10)13(17)11-7-12(20-14-11)9-4-5-9/h7,9-10,15H,2-6,8H2,1H3/t10-/m0/s1. The van der Waals surface area contributed by atoms with E-state index in [1.807, 2.05) is 0 Å². The van der Waals surface area contributed by atoms with Crippen molar-refractivity contribution in [2.45, 2.75) is 37.6 Å². The molecule has 1 aliphatic carbocycles. The Bertz CT molecular complexity index is 636. The van der Waals surface area contributed by atoms with Crippen molar-refractivity contribution in [3.05, 3.63) is 17.5 Å². The Morgan fingerprint density at radius 2 is 2.19 bits per heavy atom. The van der Waals surface area contributed by atoms with Crippen LogP contribution >= 0.6 is 0 Å². The molecule has 116 valence electrons. The maximum atomic E-state index is 12.4. The van der Waals surface area contributed by atoms with Crippen LogP contribution in [0.1, 0.15) is 47.8 Å². The Morgan fingerprint density at radius 1 is 1.43 bits per heavy atom. The van der Waals surface area contributed by atoms with E-state index < -0.39 is 10.0 Å². The van der Waals surface area contributed by atoms with Gasteiger partial charge >= 0.3 is 0 Å². The number of nitrogens with zero attached hydrogens (tertiary/aromatic N) is 2. The molecular weight excluding hydrogens is 294 g/mol. The minimum Gasteiger partial charge on any atom is -0.360 e. The number of aromatic nitrogens is 1. The summed E-state index contributed by atoms with van der Waals surface area (Å²) < 4.78 is 30.3. The highest BCUT2D eigenvalue weighted by Crippen LogP contribution is 2.40. The lowest BCUT2D eigenvalue weighted by atomic mass is 10.1. The predicted octanol–water partition coefficient (Wildman–Crippen LogP) is 0.706. The monoisotopic (exact) mass is 313 g/mol. The average Bonchev–Trinajstić information content (AvgIpc) is 3.14. The summed E-state index contributed by atoms with van der Waals surface area (Å²) in [6, 6.07) is 1.49. The summed E-state index contributed by atoms with van der Waals surface area (Å²) in [5.41, 5.74) is 0.317. The predicted molar refractivity (Wildman–Crippen MR) is 75.4 cm³/mol. The van der Waals surface area contributed by atoms with E-state index in [1.165, 1.54) is 0 Å². The minimum atomic E-state index is -3.26. The summed E-state index contributed by atoms with van der Waals surface area (Å²) in [5, 5.41) is 3.85. The molecule has 1 amide bonds. The molecule has 3 rings (SSSR count).